The van der Waals surface area contributed by atoms with Crippen LogP contribution in [0.5, 0.6) is 0 Å². The maximum absolute atomic E-state index is 5.11. The maximum Gasteiger partial charge on any atom is 0.0408 e. The molecule has 0 aliphatic carbocycles. The van der Waals surface area contributed by atoms with Crippen LogP contribution in [-0.4, -0.2) is 31.1 Å². The first-order valence-corrected chi connectivity index (χ1v) is 3.51. The van der Waals surface area contributed by atoms with E-state index < -0.39 is 0 Å². The lowest BCUT2D eigenvalue weighted by Gasteiger charge is -2.16. The summed E-state index contributed by atoms with van der Waals surface area (Å²) < 4.78 is 0. The van der Waals surface area contributed by atoms with E-state index in [0.717, 1.165) is 26.2 Å². The molecular weight excluding hydrogens is 112 g/mol. The zero-order valence-electron chi connectivity index (χ0n) is 6.35. The maximum atomic E-state index is 5.11. The third-order valence-corrected chi connectivity index (χ3v) is 1.47. The minimum absolute atomic E-state index is 0.877. The molecule has 2 heteroatoms. The second-order valence-electron chi connectivity index (χ2n) is 1.98. The number of hydrogen-bond acceptors (Lipinski definition) is 2. The molecule has 0 saturated carbocycles. The van der Waals surface area contributed by atoms with Gasteiger partial charge in [0.25, 0.3) is 0 Å². The summed E-state index contributed by atoms with van der Waals surface area (Å²) >= 11 is 0. The minimum atomic E-state index is 0.877. The van der Waals surface area contributed by atoms with Crippen LogP contribution in [0, 0.1) is 7.05 Å². The van der Waals surface area contributed by atoms with Gasteiger partial charge in [0.2, 0.25) is 0 Å². The molecular formula is C7H16N2. The molecule has 0 heterocycles. The lowest BCUT2D eigenvalue weighted by molar-refractivity contribution is 0.307. The predicted molar refractivity (Wildman–Crippen MR) is 40.1 cm³/mol. The van der Waals surface area contributed by atoms with Crippen molar-refractivity contribution in [2.24, 2.45) is 0 Å². The summed E-state index contributed by atoms with van der Waals surface area (Å²) in [4.78, 5) is 2.32. The van der Waals surface area contributed by atoms with Gasteiger partial charge in [-0.1, -0.05) is 13.8 Å². The van der Waals surface area contributed by atoms with E-state index in [1.165, 1.54) is 0 Å². The van der Waals surface area contributed by atoms with Crippen LogP contribution >= 0.6 is 0 Å². The van der Waals surface area contributed by atoms with Crippen LogP contribution in [0.25, 0.3) is 0 Å². The molecule has 0 fully saturated rings. The number of nitrogens with zero attached hydrogens (tertiary/aromatic N) is 1. The van der Waals surface area contributed by atoms with Gasteiger partial charge in [-0.25, -0.2) is 0 Å². The Hall–Kier alpha value is -0.0800. The Labute approximate surface area is 58.2 Å². The molecule has 2 radical (unpaired) electrons. The molecule has 0 aromatic rings. The van der Waals surface area contributed by atoms with E-state index >= 15 is 0 Å². The average molecular weight is 128 g/mol. The molecule has 0 rings (SSSR count). The van der Waals surface area contributed by atoms with Crippen LogP contribution in [0.4, 0.5) is 0 Å². The molecule has 0 spiro atoms. The molecule has 0 saturated heterocycles. The first-order chi connectivity index (χ1) is 4.35. The first-order valence-electron chi connectivity index (χ1n) is 3.51. The Morgan fingerprint density at radius 3 is 2.22 bits per heavy atom. The van der Waals surface area contributed by atoms with Gasteiger partial charge in [0.1, 0.15) is 0 Å². The van der Waals surface area contributed by atoms with Crippen LogP contribution in [0.3, 0.4) is 0 Å². The van der Waals surface area contributed by atoms with Gasteiger partial charge in [0.05, 0.1) is 0 Å². The molecule has 0 unspecified atom stereocenters. The summed E-state index contributed by atoms with van der Waals surface area (Å²) in [5.41, 5.74) is 0. The second kappa shape index (κ2) is 6.05. The highest BCUT2D eigenvalue weighted by Crippen LogP contribution is 1.82. The summed E-state index contributed by atoms with van der Waals surface area (Å²) in [7, 11) is 5.11. The molecule has 0 aromatic heterocycles. The van der Waals surface area contributed by atoms with Crippen molar-refractivity contribution < 1.29 is 0 Å². The van der Waals surface area contributed by atoms with E-state index in [2.05, 4.69) is 24.1 Å². The van der Waals surface area contributed by atoms with Crippen molar-refractivity contribution in [3.8, 4) is 0 Å². The van der Waals surface area contributed by atoms with Gasteiger partial charge in [-0.15, -0.1) is 0 Å². The summed E-state index contributed by atoms with van der Waals surface area (Å²) in [6.07, 6.45) is 0. The fraction of sp³-hybridized carbons (Fsp3) is 0.857. The standard InChI is InChI=1S/C7H16N2/c1-4-9(5-2)7-6-8-3/h3,8H,4-7H2,1-2H3. The van der Waals surface area contributed by atoms with Crippen LogP contribution < -0.4 is 5.32 Å². The molecule has 2 nitrogen and oxygen atoms in total. The molecule has 0 aromatic carbocycles. The van der Waals surface area contributed by atoms with Crippen molar-refractivity contribution in [1.29, 1.82) is 0 Å². The normalized spacial score (nSPS) is 10.7. The van der Waals surface area contributed by atoms with Crippen LogP contribution in [-0.2, 0) is 0 Å². The number of hydrogen-bond donors (Lipinski definition) is 1. The highest BCUT2D eigenvalue weighted by molar-refractivity contribution is 4.53. The van der Waals surface area contributed by atoms with Crippen LogP contribution in [0.2, 0.25) is 0 Å². The summed E-state index contributed by atoms with van der Waals surface area (Å²) in [5, 5.41) is 2.63. The zero-order chi connectivity index (χ0) is 7.11. The third kappa shape index (κ3) is 4.43. The van der Waals surface area contributed by atoms with Crippen molar-refractivity contribution in [1.82, 2.24) is 10.2 Å². The van der Waals surface area contributed by atoms with E-state index in [1.807, 2.05) is 0 Å². The molecule has 1 N–H and O–H groups in total. The van der Waals surface area contributed by atoms with E-state index in [4.69, 9.17) is 7.05 Å². The average Bonchev–Trinajstić information content (AvgIpc) is 1.91. The molecule has 0 amide bonds. The molecule has 0 aliphatic heterocycles. The van der Waals surface area contributed by atoms with Gasteiger partial charge in [-0.3, -0.25) is 0 Å². The SMILES string of the molecule is [CH]NCCN(CC)CC. The Morgan fingerprint density at radius 2 is 1.89 bits per heavy atom. The molecule has 0 bridgehead atoms. The summed E-state index contributed by atoms with van der Waals surface area (Å²) in [6.45, 7) is 8.45. The van der Waals surface area contributed by atoms with Crippen LogP contribution in [0.15, 0.2) is 0 Å². The monoisotopic (exact) mass is 128 g/mol. The quantitative estimate of drug-likeness (QED) is 0.545. The largest absolute Gasteiger partial charge is 0.310 e. The van der Waals surface area contributed by atoms with Gasteiger partial charge < -0.3 is 10.2 Å². The highest BCUT2D eigenvalue weighted by Gasteiger charge is 1.94. The van der Waals surface area contributed by atoms with E-state index in [9.17, 15) is 0 Å². The van der Waals surface area contributed by atoms with Crippen molar-refractivity contribution in [3.05, 3.63) is 7.05 Å². The molecule has 54 valence electrons. The molecule has 9 heavy (non-hydrogen) atoms. The van der Waals surface area contributed by atoms with Gasteiger partial charge in [0, 0.05) is 20.1 Å². The molecule has 0 aliphatic rings. The van der Waals surface area contributed by atoms with Crippen molar-refractivity contribution in [3.63, 3.8) is 0 Å². The highest BCUT2D eigenvalue weighted by atomic mass is 15.1. The van der Waals surface area contributed by atoms with Crippen molar-refractivity contribution >= 4 is 0 Å². The number of likely N-dealkylation sites (N-methyl/N-ethyl adjacent to an activating group) is 1. The first kappa shape index (κ1) is 8.92. The Morgan fingerprint density at radius 1 is 1.33 bits per heavy atom. The second-order valence-corrected chi connectivity index (χ2v) is 1.98. The van der Waals surface area contributed by atoms with Gasteiger partial charge in [-0.2, -0.15) is 0 Å². The van der Waals surface area contributed by atoms with E-state index in [-0.39, 0.29) is 0 Å². The Bertz CT molecular complexity index is 50.9. The number of nitrogens with one attached hydrogen (secondary N) is 1. The minimum Gasteiger partial charge on any atom is -0.310 e. The topological polar surface area (TPSA) is 15.3 Å². The van der Waals surface area contributed by atoms with Crippen molar-refractivity contribution in [2.75, 3.05) is 26.2 Å². The van der Waals surface area contributed by atoms with Gasteiger partial charge in [-0.05, 0) is 13.1 Å². The Balaban J connectivity index is 3.09. The molecule has 0 atom stereocenters. The predicted octanol–water partition coefficient (Wildman–Crippen LogP) is 0.586. The summed E-state index contributed by atoms with van der Waals surface area (Å²) in [5.74, 6) is 0. The fourth-order valence-corrected chi connectivity index (χ4v) is 0.762. The van der Waals surface area contributed by atoms with Gasteiger partial charge >= 0.3 is 0 Å². The van der Waals surface area contributed by atoms with Gasteiger partial charge in [0.15, 0.2) is 0 Å². The van der Waals surface area contributed by atoms with E-state index in [1.54, 1.807) is 0 Å². The lowest BCUT2D eigenvalue weighted by atomic mass is 10.5. The van der Waals surface area contributed by atoms with E-state index in [0.29, 0.717) is 0 Å². The van der Waals surface area contributed by atoms with Crippen molar-refractivity contribution in [2.45, 2.75) is 13.8 Å². The third-order valence-electron chi connectivity index (χ3n) is 1.47. The lowest BCUT2D eigenvalue weighted by Crippen LogP contribution is -2.29. The fourth-order valence-electron chi connectivity index (χ4n) is 0.762. The Kier molecular flexibility index (Phi) is 5.99. The number of rotatable bonds is 5. The summed E-state index contributed by atoms with van der Waals surface area (Å²) in [6, 6.07) is 0. The van der Waals surface area contributed by atoms with Crippen LogP contribution in [0.1, 0.15) is 13.8 Å². The smallest absolute Gasteiger partial charge is 0.0408 e. The zero-order valence-corrected chi connectivity index (χ0v) is 6.35.